The van der Waals surface area contributed by atoms with Crippen LogP contribution in [0.15, 0.2) is 30.3 Å². The van der Waals surface area contributed by atoms with Crippen LogP contribution in [0.3, 0.4) is 0 Å². The Bertz CT molecular complexity index is 1010. The van der Waals surface area contributed by atoms with Crippen LogP contribution in [0.25, 0.3) is 0 Å². The molecule has 6 nitrogen and oxygen atoms in total. The molecule has 2 N–H and O–H groups in total. The number of hydrogen-bond acceptors (Lipinski definition) is 6. The van der Waals surface area contributed by atoms with E-state index in [0.717, 1.165) is 56.4 Å². The Balaban J connectivity index is 1.22. The summed E-state index contributed by atoms with van der Waals surface area (Å²) in [7, 11) is 0. The van der Waals surface area contributed by atoms with Gasteiger partial charge in [-0.3, -0.25) is 4.79 Å². The number of nitrogens with zero attached hydrogens (tertiary/aromatic N) is 1. The molecule has 1 fully saturated rings. The van der Waals surface area contributed by atoms with Gasteiger partial charge >= 0.3 is 5.97 Å². The lowest BCUT2D eigenvalue weighted by Crippen LogP contribution is -2.38. The lowest BCUT2D eigenvalue weighted by Gasteiger charge is -2.31. The molecular formula is C26H31ClN2O4. The monoisotopic (exact) mass is 470 g/mol. The molecule has 2 aliphatic heterocycles. The van der Waals surface area contributed by atoms with Crippen molar-refractivity contribution in [3.05, 3.63) is 57.6 Å². The second-order valence-electron chi connectivity index (χ2n) is 8.75. The highest BCUT2D eigenvalue weighted by Gasteiger charge is 2.29. The molecule has 0 atom stereocenters. The van der Waals surface area contributed by atoms with E-state index in [4.69, 9.17) is 26.8 Å². The number of rotatable bonds is 8. The van der Waals surface area contributed by atoms with Crippen molar-refractivity contribution in [3.63, 3.8) is 0 Å². The van der Waals surface area contributed by atoms with Crippen LogP contribution in [-0.2, 0) is 17.6 Å². The number of anilines is 1. The summed E-state index contributed by atoms with van der Waals surface area (Å²) in [6.45, 7) is 5.15. The van der Waals surface area contributed by atoms with Gasteiger partial charge in [0.25, 0.3) is 0 Å². The number of Topliss-reactive ketones (excluding diaryl/α,β-unsaturated/α-hetero) is 1. The quantitative estimate of drug-likeness (QED) is 0.342. The number of ether oxygens (including phenoxy) is 2. The molecule has 0 saturated carbocycles. The highest BCUT2D eigenvalue weighted by atomic mass is 35.5. The maximum atomic E-state index is 12.8. The van der Waals surface area contributed by atoms with E-state index < -0.39 is 5.97 Å². The second-order valence-corrected chi connectivity index (χ2v) is 9.16. The smallest absolute Gasteiger partial charge is 0.342 e. The van der Waals surface area contributed by atoms with Crippen LogP contribution in [0, 0.1) is 0 Å². The van der Waals surface area contributed by atoms with Crippen molar-refractivity contribution in [1.29, 1.82) is 0 Å². The number of hydrogen-bond donors (Lipinski definition) is 1. The summed E-state index contributed by atoms with van der Waals surface area (Å²) in [5.74, 6) is 0.292. The number of aryl methyl sites for hydroxylation is 1. The Morgan fingerprint density at radius 3 is 2.64 bits per heavy atom. The van der Waals surface area contributed by atoms with Gasteiger partial charge in [0.1, 0.15) is 17.4 Å². The molecule has 7 heteroatoms. The lowest BCUT2D eigenvalue weighted by molar-refractivity contribution is 0.0109. The van der Waals surface area contributed by atoms with Gasteiger partial charge in [0.15, 0.2) is 5.78 Å². The summed E-state index contributed by atoms with van der Waals surface area (Å²) < 4.78 is 11.4. The van der Waals surface area contributed by atoms with Crippen molar-refractivity contribution < 1.29 is 19.1 Å². The first-order chi connectivity index (χ1) is 16.0. The van der Waals surface area contributed by atoms with Gasteiger partial charge in [-0.2, -0.15) is 0 Å². The van der Waals surface area contributed by atoms with Gasteiger partial charge in [-0.15, -0.1) is 0 Å². The molecule has 0 radical (unpaired) electrons. The summed E-state index contributed by atoms with van der Waals surface area (Å²) in [4.78, 5) is 27.5. The summed E-state index contributed by atoms with van der Waals surface area (Å²) in [5.41, 5.74) is 9.67. The van der Waals surface area contributed by atoms with Crippen molar-refractivity contribution in [2.45, 2.75) is 51.6 Å². The fourth-order valence-corrected chi connectivity index (χ4v) is 4.74. The van der Waals surface area contributed by atoms with Crippen LogP contribution >= 0.6 is 11.6 Å². The fourth-order valence-electron chi connectivity index (χ4n) is 4.52. The van der Waals surface area contributed by atoms with E-state index in [1.807, 2.05) is 24.3 Å². The minimum absolute atomic E-state index is 0.138. The van der Waals surface area contributed by atoms with Gasteiger partial charge < -0.3 is 20.1 Å². The molecular weight excluding hydrogens is 440 g/mol. The number of carbonyl (C=O) groups excluding carboxylic acids is 2. The van der Waals surface area contributed by atoms with Crippen LogP contribution in [0.5, 0.6) is 5.75 Å². The highest BCUT2D eigenvalue weighted by Crippen LogP contribution is 2.39. The summed E-state index contributed by atoms with van der Waals surface area (Å²) in [6.07, 6.45) is 4.39. The number of halogens is 1. The Morgan fingerprint density at radius 1 is 1.21 bits per heavy atom. The Hall–Kier alpha value is -2.57. The van der Waals surface area contributed by atoms with Crippen LogP contribution < -0.4 is 10.5 Å². The number of ketones is 1. The normalized spacial score (nSPS) is 16.3. The molecule has 2 aromatic rings. The molecule has 4 rings (SSSR count). The molecule has 2 aliphatic rings. The third-order valence-electron chi connectivity index (χ3n) is 6.56. The van der Waals surface area contributed by atoms with Crippen LogP contribution in [-0.4, -0.2) is 49.0 Å². The average Bonchev–Trinajstić information content (AvgIpc) is 3.32. The number of fused-ring (bicyclic) bond motifs is 1. The zero-order valence-corrected chi connectivity index (χ0v) is 19.8. The number of likely N-dealkylation sites (tertiary alicyclic amines) is 1. The van der Waals surface area contributed by atoms with E-state index in [2.05, 4.69) is 11.8 Å². The number of esters is 1. The first-order valence-electron chi connectivity index (χ1n) is 11.8. The number of carbonyl (C=O) groups is 2. The van der Waals surface area contributed by atoms with Crippen LogP contribution in [0.1, 0.15) is 64.4 Å². The summed E-state index contributed by atoms with van der Waals surface area (Å²) in [6, 6.07) is 9.45. The second kappa shape index (κ2) is 10.6. The van der Waals surface area contributed by atoms with Crippen molar-refractivity contribution in [1.82, 2.24) is 4.90 Å². The number of piperidine rings is 1. The molecule has 0 amide bonds. The Morgan fingerprint density at radius 2 is 1.94 bits per heavy atom. The van der Waals surface area contributed by atoms with E-state index >= 15 is 0 Å². The van der Waals surface area contributed by atoms with E-state index in [1.165, 1.54) is 5.56 Å². The number of nitrogens with two attached hydrogens (primary N) is 1. The van der Waals surface area contributed by atoms with Gasteiger partial charge in [-0.1, -0.05) is 42.8 Å². The van der Waals surface area contributed by atoms with Gasteiger partial charge in [0.05, 0.1) is 17.3 Å². The molecule has 2 aromatic carbocycles. The predicted molar refractivity (Wildman–Crippen MR) is 129 cm³/mol. The summed E-state index contributed by atoms with van der Waals surface area (Å²) >= 11 is 6.21. The van der Waals surface area contributed by atoms with Gasteiger partial charge in [0.2, 0.25) is 0 Å². The first-order valence-corrected chi connectivity index (χ1v) is 12.1. The van der Waals surface area contributed by atoms with E-state index in [-0.39, 0.29) is 11.9 Å². The zero-order valence-electron chi connectivity index (χ0n) is 19.1. The topological polar surface area (TPSA) is 81.9 Å². The molecule has 0 aromatic heterocycles. The van der Waals surface area contributed by atoms with E-state index in [0.29, 0.717) is 41.5 Å². The van der Waals surface area contributed by atoms with Crippen molar-refractivity contribution in [3.8, 4) is 5.75 Å². The zero-order chi connectivity index (χ0) is 23.4. The van der Waals surface area contributed by atoms with Crippen molar-refractivity contribution >= 4 is 29.0 Å². The molecule has 0 unspecified atom stereocenters. The lowest BCUT2D eigenvalue weighted by atomic mass is 10.0. The predicted octanol–water partition coefficient (Wildman–Crippen LogP) is 4.70. The standard InChI is InChI=1S/C26H31ClN2O4/c1-2-17-5-7-18(8-6-17)23(30)4-3-12-29-13-9-19(10-14-29)33-26(31)21-16-22(27)24(28)20-11-15-32-25(20)21/h5-8,16,19H,2-4,9-15,28H2,1H3. The van der Waals surface area contributed by atoms with E-state index in [9.17, 15) is 9.59 Å². The maximum absolute atomic E-state index is 12.8. The van der Waals surface area contributed by atoms with E-state index in [1.54, 1.807) is 6.07 Å². The molecule has 0 aliphatic carbocycles. The fraction of sp³-hybridized carbons (Fsp3) is 0.462. The minimum Gasteiger partial charge on any atom is -0.492 e. The molecule has 1 saturated heterocycles. The SMILES string of the molecule is CCc1ccc(C(=O)CCCN2CCC(OC(=O)c3cc(Cl)c(N)c4c3OCC4)CC2)cc1. The summed E-state index contributed by atoms with van der Waals surface area (Å²) in [5, 5.41) is 0.358. The molecule has 176 valence electrons. The third kappa shape index (κ3) is 5.50. The molecule has 2 heterocycles. The largest absolute Gasteiger partial charge is 0.492 e. The van der Waals surface area contributed by atoms with Gasteiger partial charge in [0, 0.05) is 37.1 Å². The highest BCUT2D eigenvalue weighted by molar-refractivity contribution is 6.33. The van der Waals surface area contributed by atoms with Crippen molar-refractivity contribution in [2.24, 2.45) is 0 Å². The Labute approximate surface area is 200 Å². The molecule has 0 bridgehead atoms. The minimum atomic E-state index is -0.409. The molecule has 33 heavy (non-hydrogen) atoms. The van der Waals surface area contributed by atoms with Crippen LogP contribution in [0.4, 0.5) is 5.69 Å². The Kier molecular flexibility index (Phi) is 7.56. The average molecular weight is 471 g/mol. The van der Waals surface area contributed by atoms with Gasteiger partial charge in [-0.05, 0) is 43.9 Å². The number of nitrogen functional groups attached to an aromatic ring is 1. The van der Waals surface area contributed by atoms with Gasteiger partial charge in [-0.25, -0.2) is 4.79 Å². The first kappa shape index (κ1) is 23.6. The van der Waals surface area contributed by atoms with Crippen LogP contribution in [0.2, 0.25) is 5.02 Å². The number of benzene rings is 2. The van der Waals surface area contributed by atoms with Crippen molar-refractivity contribution in [2.75, 3.05) is 32.0 Å². The third-order valence-corrected chi connectivity index (χ3v) is 6.87. The molecule has 0 spiro atoms. The maximum Gasteiger partial charge on any atom is 0.342 e.